The molecule has 0 aromatic heterocycles. The van der Waals surface area contributed by atoms with Crippen LogP contribution in [0.2, 0.25) is 0 Å². The lowest BCUT2D eigenvalue weighted by Crippen LogP contribution is -2.66. The lowest BCUT2D eigenvalue weighted by molar-refractivity contribution is -0.211. The Morgan fingerprint density at radius 2 is 1.57 bits per heavy atom. The van der Waals surface area contributed by atoms with Gasteiger partial charge in [0.15, 0.2) is 5.78 Å². The predicted molar refractivity (Wildman–Crippen MR) is 152 cm³/mol. The number of allylic oxidation sites excluding steroid dienone is 2. The van der Waals surface area contributed by atoms with Gasteiger partial charge in [-0.15, -0.1) is 0 Å². The van der Waals surface area contributed by atoms with E-state index in [9.17, 15) is 24.3 Å². The summed E-state index contributed by atoms with van der Waals surface area (Å²) in [7, 11) is 0. The van der Waals surface area contributed by atoms with Crippen molar-refractivity contribution in [3.05, 3.63) is 11.6 Å². The second kappa shape index (κ2) is 9.01. The third-order valence-electron chi connectivity index (χ3n) is 13.7. The summed E-state index contributed by atoms with van der Waals surface area (Å²) in [5.74, 6) is -0.939. The maximum atomic E-state index is 14.4. The first-order valence-corrected chi connectivity index (χ1v) is 15.5. The highest BCUT2D eigenvalue weighted by Crippen LogP contribution is 2.75. The molecule has 0 heterocycles. The Labute approximate surface area is 240 Å². The molecule has 0 amide bonds. The second-order valence-corrected chi connectivity index (χ2v) is 16.3. The van der Waals surface area contributed by atoms with Crippen LogP contribution in [0.5, 0.6) is 0 Å². The molecule has 4 fully saturated rings. The van der Waals surface area contributed by atoms with Gasteiger partial charge in [-0.05, 0) is 111 Å². The molecular weight excluding hydrogens is 504 g/mol. The van der Waals surface area contributed by atoms with Crippen LogP contribution in [-0.4, -0.2) is 34.7 Å². The Balaban J connectivity index is 1.52. The van der Waals surface area contributed by atoms with E-state index >= 15 is 0 Å². The average molecular weight is 555 g/mol. The minimum absolute atomic E-state index is 0.0364. The average Bonchev–Trinajstić information content (AvgIpc) is 2.82. The number of carbonyl (C=O) groups is 4. The van der Waals surface area contributed by atoms with Crippen LogP contribution in [0.1, 0.15) is 120 Å². The molecule has 0 aromatic rings. The second-order valence-electron chi connectivity index (χ2n) is 16.3. The Bertz CT molecular complexity index is 1180. The number of carboxylic acids is 1. The van der Waals surface area contributed by atoms with Gasteiger partial charge >= 0.3 is 11.9 Å². The maximum Gasteiger partial charge on any atom is 0.313 e. The highest BCUT2D eigenvalue weighted by Gasteiger charge is 2.70. The zero-order valence-electron chi connectivity index (χ0n) is 25.9. The lowest BCUT2D eigenvalue weighted by atomic mass is 9.33. The highest BCUT2D eigenvalue weighted by atomic mass is 16.5. The van der Waals surface area contributed by atoms with E-state index in [0.29, 0.717) is 19.3 Å². The van der Waals surface area contributed by atoms with E-state index in [1.165, 1.54) is 12.5 Å². The molecule has 0 aromatic carbocycles. The fourth-order valence-corrected chi connectivity index (χ4v) is 11.0. The van der Waals surface area contributed by atoms with Crippen LogP contribution in [0.15, 0.2) is 11.6 Å². The van der Waals surface area contributed by atoms with Gasteiger partial charge in [-0.2, -0.15) is 0 Å². The first kappa shape index (κ1) is 29.5. The molecule has 6 nitrogen and oxygen atoms in total. The number of Topliss-reactive ketones (excluding diaryl/α,β-unsaturated/α-hetero) is 1. The van der Waals surface area contributed by atoms with Crippen LogP contribution in [-0.2, 0) is 23.9 Å². The first-order valence-electron chi connectivity index (χ1n) is 15.5. The topological polar surface area (TPSA) is 97.7 Å². The maximum absolute atomic E-state index is 14.4. The number of hydrogen-bond acceptors (Lipinski definition) is 5. The van der Waals surface area contributed by atoms with Crippen molar-refractivity contribution in [1.29, 1.82) is 0 Å². The normalized spacial score (nSPS) is 47.5. The molecule has 40 heavy (non-hydrogen) atoms. The van der Waals surface area contributed by atoms with Crippen molar-refractivity contribution >= 4 is 23.5 Å². The SMILES string of the molecule is CC(=O)CC(=O)O[C@H]1CC[C@@]2(C)C(CC[C@]3(C)C2C(=O)C=C2[C@@H]4C[C@@](C)(C(=O)O)CC[C@]4(C)CCC23C)C1(C)C. The third kappa shape index (κ3) is 3.93. The fourth-order valence-electron chi connectivity index (χ4n) is 11.0. The molecular formula is C34H50O6. The van der Waals surface area contributed by atoms with Gasteiger partial charge in [0, 0.05) is 11.3 Å². The first-order chi connectivity index (χ1) is 18.3. The quantitative estimate of drug-likeness (QED) is 0.298. The van der Waals surface area contributed by atoms with Gasteiger partial charge in [-0.1, -0.05) is 47.1 Å². The third-order valence-corrected chi connectivity index (χ3v) is 13.7. The van der Waals surface area contributed by atoms with Crippen LogP contribution >= 0.6 is 0 Å². The molecule has 9 atom stereocenters. The number of fused-ring (bicyclic) bond motifs is 7. The Morgan fingerprint density at radius 3 is 2.20 bits per heavy atom. The van der Waals surface area contributed by atoms with Gasteiger partial charge in [-0.25, -0.2) is 0 Å². The molecule has 4 saturated carbocycles. The molecule has 5 aliphatic rings. The van der Waals surface area contributed by atoms with E-state index in [1.54, 1.807) is 0 Å². The summed E-state index contributed by atoms with van der Waals surface area (Å²) in [6, 6.07) is 0. The number of ether oxygens (including phenoxy) is 1. The number of ketones is 2. The van der Waals surface area contributed by atoms with E-state index in [0.717, 1.165) is 38.5 Å². The van der Waals surface area contributed by atoms with Gasteiger partial charge in [0.2, 0.25) is 0 Å². The Kier molecular flexibility index (Phi) is 6.65. The number of esters is 1. The van der Waals surface area contributed by atoms with Crippen LogP contribution < -0.4 is 0 Å². The van der Waals surface area contributed by atoms with Gasteiger partial charge in [0.25, 0.3) is 0 Å². The monoisotopic (exact) mass is 554 g/mol. The number of carboxylic acid groups (broad SMARTS) is 1. The molecule has 1 N–H and O–H groups in total. The lowest BCUT2D eigenvalue weighted by Gasteiger charge is -2.70. The van der Waals surface area contributed by atoms with Crippen molar-refractivity contribution in [3.63, 3.8) is 0 Å². The molecule has 0 saturated heterocycles. The number of rotatable bonds is 4. The van der Waals surface area contributed by atoms with E-state index in [1.807, 2.05) is 13.0 Å². The summed E-state index contributed by atoms with van der Waals surface area (Å²) < 4.78 is 5.91. The van der Waals surface area contributed by atoms with Crippen molar-refractivity contribution in [2.45, 2.75) is 126 Å². The van der Waals surface area contributed by atoms with Crippen LogP contribution in [0.4, 0.5) is 0 Å². The summed E-state index contributed by atoms with van der Waals surface area (Å²) in [4.78, 5) is 50.7. The molecule has 0 radical (unpaired) electrons. The van der Waals surface area contributed by atoms with E-state index in [-0.39, 0.29) is 68.9 Å². The minimum Gasteiger partial charge on any atom is -0.481 e. The van der Waals surface area contributed by atoms with Crippen molar-refractivity contribution in [2.24, 2.45) is 50.2 Å². The molecule has 5 rings (SSSR count). The molecule has 5 aliphatic carbocycles. The highest BCUT2D eigenvalue weighted by molar-refractivity contribution is 5.96. The summed E-state index contributed by atoms with van der Waals surface area (Å²) >= 11 is 0. The molecule has 3 unspecified atom stereocenters. The molecule has 222 valence electrons. The minimum atomic E-state index is -0.754. The summed E-state index contributed by atoms with van der Waals surface area (Å²) in [5, 5.41) is 10.1. The fraction of sp³-hybridized carbons (Fsp3) is 0.824. The van der Waals surface area contributed by atoms with E-state index in [2.05, 4.69) is 41.5 Å². The summed E-state index contributed by atoms with van der Waals surface area (Å²) in [5.41, 5.74) is -0.411. The van der Waals surface area contributed by atoms with Gasteiger partial charge in [-0.3, -0.25) is 19.2 Å². The number of aliphatic carboxylic acids is 1. The summed E-state index contributed by atoms with van der Waals surface area (Å²) in [6.07, 6.45) is 9.20. The van der Waals surface area contributed by atoms with Crippen molar-refractivity contribution in [2.75, 3.05) is 0 Å². The number of hydrogen-bond donors (Lipinski definition) is 1. The molecule has 6 heteroatoms. The molecule has 0 bridgehead atoms. The van der Waals surface area contributed by atoms with E-state index < -0.39 is 17.4 Å². The largest absolute Gasteiger partial charge is 0.481 e. The van der Waals surface area contributed by atoms with Gasteiger partial charge < -0.3 is 9.84 Å². The zero-order valence-corrected chi connectivity index (χ0v) is 25.9. The van der Waals surface area contributed by atoms with Crippen molar-refractivity contribution in [3.8, 4) is 0 Å². The Morgan fingerprint density at radius 1 is 0.925 bits per heavy atom. The zero-order chi connectivity index (χ0) is 29.7. The molecule has 0 aliphatic heterocycles. The number of carbonyl (C=O) groups excluding carboxylic acids is 3. The van der Waals surface area contributed by atoms with Crippen LogP contribution in [0, 0.1) is 50.2 Å². The van der Waals surface area contributed by atoms with Crippen LogP contribution in [0.25, 0.3) is 0 Å². The van der Waals surface area contributed by atoms with Gasteiger partial charge in [0.05, 0.1) is 5.41 Å². The van der Waals surface area contributed by atoms with Crippen molar-refractivity contribution < 1.29 is 29.0 Å². The molecule has 0 spiro atoms. The van der Waals surface area contributed by atoms with Crippen molar-refractivity contribution in [1.82, 2.24) is 0 Å². The smallest absolute Gasteiger partial charge is 0.313 e. The standard InChI is InChI=1S/C34H50O6/c1-20(35)17-26(37)40-25-10-11-32(6)24(29(25,2)3)9-12-34(8)27(32)23(36)18-21-22-19-31(5,28(38)39)14-13-30(22,4)15-16-33(21,34)7/h18,22,24-25,27H,9-17,19H2,1-8H3,(H,38,39)/t22-,24?,25-,27?,30+,31-,32-,33?,34+/m0/s1. The van der Waals surface area contributed by atoms with E-state index in [4.69, 9.17) is 4.74 Å². The Hall–Kier alpha value is -1.98. The summed E-state index contributed by atoms with van der Waals surface area (Å²) in [6.45, 7) is 17.0. The van der Waals surface area contributed by atoms with Crippen LogP contribution in [0.3, 0.4) is 0 Å². The van der Waals surface area contributed by atoms with Gasteiger partial charge in [0.1, 0.15) is 18.3 Å². The predicted octanol–water partition coefficient (Wildman–Crippen LogP) is 6.94.